The van der Waals surface area contributed by atoms with E-state index in [1.54, 1.807) is 26.0 Å². The van der Waals surface area contributed by atoms with Gasteiger partial charge in [-0.25, -0.2) is 9.78 Å². The summed E-state index contributed by atoms with van der Waals surface area (Å²) in [6.07, 6.45) is 2.12. The summed E-state index contributed by atoms with van der Waals surface area (Å²) in [4.78, 5) is 27.6. The number of furan rings is 1. The van der Waals surface area contributed by atoms with Crippen molar-refractivity contribution in [2.75, 3.05) is 0 Å². The molecule has 124 valence electrons. The number of nitrogens with zero attached hydrogens (tertiary/aromatic N) is 1. The third kappa shape index (κ3) is 4.00. The van der Waals surface area contributed by atoms with Gasteiger partial charge in [-0.05, 0) is 25.0 Å². The van der Waals surface area contributed by atoms with Crippen LogP contribution in [0.4, 0.5) is 0 Å². The van der Waals surface area contributed by atoms with Crippen LogP contribution in [0.15, 0.2) is 27.2 Å². The topological polar surface area (TPSA) is 106 Å². The van der Waals surface area contributed by atoms with Gasteiger partial charge in [0.1, 0.15) is 11.8 Å². The van der Waals surface area contributed by atoms with Crippen molar-refractivity contribution in [3.63, 3.8) is 0 Å². The van der Waals surface area contributed by atoms with E-state index in [1.165, 1.54) is 6.26 Å². The van der Waals surface area contributed by atoms with Crippen LogP contribution in [0.25, 0.3) is 11.7 Å². The first-order chi connectivity index (χ1) is 10.9. The van der Waals surface area contributed by atoms with Crippen molar-refractivity contribution >= 4 is 11.9 Å². The molecular weight excluding hydrogens is 300 g/mol. The van der Waals surface area contributed by atoms with E-state index in [0.717, 1.165) is 0 Å². The molecule has 0 fully saturated rings. The Bertz CT molecular complexity index is 675. The Morgan fingerprint density at radius 3 is 2.74 bits per heavy atom. The molecule has 2 aromatic heterocycles. The van der Waals surface area contributed by atoms with Crippen LogP contribution in [0.1, 0.15) is 31.7 Å². The van der Waals surface area contributed by atoms with Crippen molar-refractivity contribution in [3.8, 4) is 11.7 Å². The Balaban J connectivity index is 2.07. The third-order valence-electron chi connectivity index (χ3n) is 3.75. The smallest absolute Gasteiger partial charge is 0.326 e. The molecule has 0 aliphatic carbocycles. The molecule has 7 heteroatoms. The summed E-state index contributed by atoms with van der Waals surface area (Å²) in [7, 11) is 0. The summed E-state index contributed by atoms with van der Waals surface area (Å²) in [5.41, 5.74) is 0.460. The van der Waals surface area contributed by atoms with Gasteiger partial charge in [-0.15, -0.1) is 0 Å². The second-order valence-electron chi connectivity index (χ2n) is 5.44. The largest absolute Gasteiger partial charge is 0.480 e. The number of hydrogen-bond donors (Lipinski definition) is 2. The molecule has 2 heterocycles. The van der Waals surface area contributed by atoms with Gasteiger partial charge in [0.2, 0.25) is 5.91 Å². The highest BCUT2D eigenvalue weighted by molar-refractivity contribution is 5.85. The number of carboxylic acid groups (broad SMARTS) is 1. The number of aromatic nitrogens is 1. The molecule has 2 unspecified atom stereocenters. The van der Waals surface area contributed by atoms with E-state index in [-0.39, 0.29) is 12.3 Å². The highest BCUT2D eigenvalue weighted by atomic mass is 16.4. The Morgan fingerprint density at radius 2 is 2.17 bits per heavy atom. The molecule has 0 saturated heterocycles. The van der Waals surface area contributed by atoms with E-state index in [1.807, 2.05) is 6.92 Å². The predicted molar refractivity (Wildman–Crippen MR) is 81.7 cm³/mol. The highest BCUT2D eigenvalue weighted by Crippen LogP contribution is 2.22. The highest BCUT2D eigenvalue weighted by Gasteiger charge is 2.26. The average Bonchev–Trinajstić information content (AvgIpc) is 3.14. The Morgan fingerprint density at radius 1 is 1.43 bits per heavy atom. The number of amides is 1. The van der Waals surface area contributed by atoms with Crippen LogP contribution < -0.4 is 5.32 Å². The molecule has 0 radical (unpaired) electrons. The lowest BCUT2D eigenvalue weighted by molar-refractivity contribution is -0.143. The van der Waals surface area contributed by atoms with Crippen LogP contribution in [0.5, 0.6) is 0 Å². The predicted octanol–water partition coefficient (Wildman–Crippen LogP) is 2.40. The van der Waals surface area contributed by atoms with E-state index in [2.05, 4.69) is 10.3 Å². The van der Waals surface area contributed by atoms with Crippen molar-refractivity contribution in [2.24, 2.45) is 5.92 Å². The van der Waals surface area contributed by atoms with Gasteiger partial charge in [0.05, 0.1) is 18.4 Å². The molecule has 1 amide bonds. The van der Waals surface area contributed by atoms with E-state index in [0.29, 0.717) is 29.5 Å². The summed E-state index contributed by atoms with van der Waals surface area (Å²) >= 11 is 0. The second-order valence-corrected chi connectivity index (χ2v) is 5.44. The minimum atomic E-state index is -1.04. The van der Waals surface area contributed by atoms with Gasteiger partial charge in [-0.3, -0.25) is 4.79 Å². The average molecular weight is 320 g/mol. The zero-order valence-corrected chi connectivity index (χ0v) is 13.3. The number of nitrogens with one attached hydrogen (secondary N) is 1. The van der Waals surface area contributed by atoms with E-state index in [4.69, 9.17) is 8.83 Å². The van der Waals surface area contributed by atoms with Gasteiger partial charge in [0.15, 0.2) is 5.76 Å². The zero-order chi connectivity index (χ0) is 17.0. The molecule has 7 nitrogen and oxygen atoms in total. The molecule has 0 aliphatic heterocycles. The SMILES string of the molecule is CCC(C)C(NC(=O)Cc1nc(-c2ccco2)oc1C)C(=O)O. The van der Waals surface area contributed by atoms with Crippen LogP contribution >= 0.6 is 0 Å². The summed E-state index contributed by atoms with van der Waals surface area (Å²) < 4.78 is 10.7. The van der Waals surface area contributed by atoms with Crippen molar-refractivity contribution in [3.05, 3.63) is 29.9 Å². The molecule has 0 aliphatic rings. The fraction of sp³-hybridized carbons (Fsp3) is 0.438. The minimum Gasteiger partial charge on any atom is -0.480 e. The fourth-order valence-corrected chi connectivity index (χ4v) is 2.16. The Kier molecular flexibility index (Phi) is 5.20. The first-order valence-electron chi connectivity index (χ1n) is 7.44. The first kappa shape index (κ1) is 16.8. The maximum atomic E-state index is 12.1. The van der Waals surface area contributed by atoms with Crippen molar-refractivity contribution in [1.29, 1.82) is 0 Å². The van der Waals surface area contributed by atoms with Crippen LogP contribution in [0.2, 0.25) is 0 Å². The molecular formula is C16H20N2O5. The number of carbonyl (C=O) groups is 2. The summed E-state index contributed by atoms with van der Waals surface area (Å²) in [5, 5.41) is 11.8. The molecule has 0 spiro atoms. The third-order valence-corrected chi connectivity index (χ3v) is 3.75. The number of oxazole rings is 1. The van der Waals surface area contributed by atoms with Gasteiger partial charge in [-0.2, -0.15) is 0 Å². The molecule has 2 rings (SSSR count). The van der Waals surface area contributed by atoms with E-state index in [9.17, 15) is 14.7 Å². The lowest BCUT2D eigenvalue weighted by atomic mass is 9.99. The number of rotatable bonds is 7. The van der Waals surface area contributed by atoms with E-state index >= 15 is 0 Å². The standard InChI is InChI=1S/C16H20N2O5/c1-4-9(2)14(16(20)21)18-13(19)8-11-10(3)23-15(17-11)12-6-5-7-22-12/h5-7,9,14H,4,8H2,1-3H3,(H,18,19)(H,20,21). The molecule has 0 bridgehead atoms. The van der Waals surface area contributed by atoms with Gasteiger partial charge in [0, 0.05) is 0 Å². The lowest BCUT2D eigenvalue weighted by Gasteiger charge is -2.19. The zero-order valence-electron chi connectivity index (χ0n) is 13.3. The summed E-state index contributed by atoms with van der Waals surface area (Å²) in [5.74, 6) is -0.328. The van der Waals surface area contributed by atoms with Crippen LogP contribution in [0.3, 0.4) is 0 Å². The van der Waals surface area contributed by atoms with Crippen molar-refractivity contribution in [1.82, 2.24) is 10.3 Å². The monoisotopic (exact) mass is 320 g/mol. The van der Waals surface area contributed by atoms with Crippen LogP contribution in [-0.2, 0) is 16.0 Å². The van der Waals surface area contributed by atoms with Crippen molar-refractivity contribution < 1.29 is 23.5 Å². The fourth-order valence-electron chi connectivity index (χ4n) is 2.16. The number of aryl methyl sites for hydroxylation is 1. The number of carbonyl (C=O) groups excluding carboxylic acids is 1. The molecule has 23 heavy (non-hydrogen) atoms. The van der Waals surface area contributed by atoms with Crippen LogP contribution in [-0.4, -0.2) is 28.0 Å². The number of carboxylic acids is 1. The van der Waals surface area contributed by atoms with Gasteiger partial charge in [0.25, 0.3) is 5.89 Å². The molecule has 0 saturated carbocycles. The lowest BCUT2D eigenvalue weighted by Crippen LogP contribution is -2.45. The first-order valence-corrected chi connectivity index (χ1v) is 7.44. The maximum absolute atomic E-state index is 12.1. The summed E-state index contributed by atoms with van der Waals surface area (Å²) in [6, 6.07) is 2.51. The molecule has 2 atom stereocenters. The molecule has 2 aromatic rings. The molecule has 2 N–H and O–H groups in total. The normalized spacial score (nSPS) is 13.5. The molecule has 0 aromatic carbocycles. The van der Waals surface area contributed by atoms with Crippen molar-refractivity contribution in [2.45, 2.75) is 39.7 Å². The van der Waals surface area contributed by atoms with Gasteiger partial charge in [-0.1, -0.05) is 20.3 Å². The van der Waals surface area contributed by atoms with E-state index < -0.39 is 17.9 Å². The minimum absolute atomic E-state index is 0.0454. The maximum Gasteiger partial charge on any atom is 0.326 e. The van der Waals surface area contributed by atoms with Crippen LogP contribution in [0, 0.1) is 12.8 Å². The second kappa shape index (κ2) is 7.13. The Labute approximate surface area is 133 Å². The van der Waals surface area contributed by atoms with Gasteiger partial charge < -0.3 is 19.3 Å². The number of aliphatic carboxylic acids is 1. The summed E-state index contributed by atoms with van der Waals surface area (Å²) in [6.45, 7) is 5.37. The quantitative estimate of drug-likeness (QED) is 0.811. The van der Waals surface area contributed by atoms with Gasteiger partial charge >= 0.3 is 5.97 Å². The number of hydrogen-bond acceptors (Lipinski definition) is 5. The Hall–Kier alpha value is -2.57.